The third-order valence-electron chi connectivity index (χ3n) is 4.26. The molecule has 0 bridgehead atoms. The maximum Gasteiger partial charge on any atom is 0.265 e. The molecule has 2 aromatic heterocycles. The molecule has 1 aliphatic rings. The van der Waals surface area contributed by atoms with Gasteiger partial charge in [0.05, 0.1) is 5.39 Å². The molecule has 6 heteroatoms. The van der Waals surface area contributed by atoms with Gasteiger partial charge < -0.3 is 5.73 Å². The van der Waals surface area contributed by atoms with Gasteiger partial charge in [0.25, 0.3) is 5.91 Å². The SMILES string of the molecule is Nc1c2c3c(sc2nc(=S)n1C(=O)c1ccccc1)CCCC3. The second-order valence-electron chi connectivity index (χ2n) is 5.68. The van der Waals surface area contributed by atoms with Crippen molar-refractivity contribution < 1.29 is 4.79 Å². The van der Waals surface area contributed by atoms with Crippen LogP contribution in [0.25, 0.3) is 10.2 Å². The van der Waals surface area contributed by atoms with E-state index in [0.717, 1.165) is 29.5 Å². The first-order chi connectivity index (χ1) is 11.2. The van der Waals surface area contributed by atoms with E-state index < -0.39 is 0 Å². The predicted octanol–water partition coefficient (Wildman–Crippen LogP) is 3.98. The first-order valence-corrected chi connectivity index (χ1v) is 8.82. The van der Waals surface area contributed by atoms with Gasteiger partial charge in [0.2, 0.25) is 4.77 Å². The van der Waals surface area contributed by atoms with Crippen molar-refractivity contribution >= 4 is 45.5 Å². The summed E-state index contributed by atoms with van der Waals surface area (Å²) in [4.78, 5) is 19.5. The van der Waals surface area contributed by atoms with Gasteiger partial charge in [-0.05, 0) is 55.6 Å². The van der Waals surface area contributed by atoms with Crippen LogP contribution in [0.5, 0.6) is 0 Å². The Balaban J connectivity index is 1.97. The molecule has 0 saturated heterocycles. The molecule has 2 heterocycles. The minimum Gasteiger partial charge on any atom is -0.384 e. The molecule has 4 rings (SSSR count). The number of aryl methyl sites for hydroxylation is 2. The van der Waals surface area contributed by atoms with Gasteiger partial charge in [-0.1, -0.05) is 18.2 Å². The molecule has 0 unspecified atom stereocenters. The zero-order valence-electron chi connectivity index (χ0n) is 12.4. The third kappa shape index (κ3) is 2.29. The number of nitrogens with two attached hydrogens (primary N) is 1. The van der Waals surface area contributed by atoms with Crippen LogP contribution >= 0.6 is 23.6 Å². The quantitative estimate of drug-likeness (QED) is 0.680. The van der Waals surface area contributed by atoms with Crippen molar-refractivity contribution in [2.24, 2.45) is 0 Å². The van der Waals surface area contributed by atoms with Crippen LogP contribution < -0.4 is 5.73 Å². The molecule has 0 radical (unpaired) electrons. The van der Waals surface area contributed by atoms with Crippen LogP contribution in [-0.4, -0.2) is 15.5 Å². The lowest BCUT2D eigenvalue weighted by Gasteiger charge is -2.13. The summed E-state index contributed by atoms with van der Waals surface area (Å²) in [6.07, 6.45) is 4.41. The number of carbonyl (C=O) groups excluding carboxylic acids is 1. The van der Waals surface area contributed by atoms with Gasteiger partial charge >= 0.3 is 0 Å². The molecular formula is C17H15N3OS2. The molecule has 4 nitrogen and oxygen atoms in total. The van der Waals surface area contributed by atoms with Crippen molar-refractivity contribution in [2.45, 2.75) is 25.7 Å². The van der Waals surface area contributed by atoms with Crippen molar-refractivity contribution in [3.8, 4) is 0 Å². The number of nitrogen functional groups attached to an aromatic ring is 1. The largest absolute Gasteiger partial charge is 0.384 e. The maximum atomic E-state index is 12.8. The van der Waals surface area contributed by atoms with E-state index in [1.165, 1.54) is 21.4 Å². The molecule has 23 heavy (non-hydrogen) atoms. The van der Waals surface area contributed by atoms with Crippen molar-refractivity contribution in [3.63, 3.8) is 0 Å². The second-order valence-corrected chi connectivity index (χ2v) is 7.13. The summed E-state index contributed by atoms with van der Waals surface area (Å²) in [7, 11) is 0. The Morgan fingerprint density at radius 2 is 1.96 bits per heavy atom. The summed E-state index contributed by atoms with van der Waals surface area (Å²) in [6, 6.07) is 9.04. The van der Waals surface area contributed by atoms with E-state index in [-0.39, 0.29) is 10.7 Å². The highest BCUT2D eigenvalue weighted by atomic mass is 32.1. The monoisotopic (exact) mass is 341 g/mol. The summed E-state index contributed by atoms with van der Waals surface area (Å²) < 4.78 is 1.59. The predicted molar refractivity (Wildman–Crippen MR) is 95.7 cm³/mol. The fourth-order valence-corrected chi connectivity index (χ4v) is 4.75. The summed E-state index contributed by atoms with van der Waals surface area (Å²) in [5.41, 5.74) is 8.18. The molecule has 0 saturated carbocycles. The Hall–Kier alpha value is -2.05. The summed E-state index contributed by atoms with van der Waals surface area (Å²) in [6.45, 7) is 0. The Kier molecular flexibility index (Phi) is 3.50. The van der Waals surface area contributed by atoms with E-state index in [1.807, 2.05) is 18.2 Å². The normalized spacial score (nSPS) is 13.9. The smallest absolute Gasteiger partial charge is 0.265 e. The number of nitrogens with zero attached hydrogens (tertiary/aromatic N) is 2. The van der Waals surface area contributed by atoms with Crippen LogP contribution in [0.3, 0.4) is 0 Å². The topological polar surface area (TPSA) is 60.9 Å². The zero-order valence-corrected chi connectivity index (χ0v) is 14.0. The van der Waals surface area contributed by atoms with Crippen LogP contribution in [0.2, 0.25) is 0 Å². The molecule has 0 fully saturated rings. The molecule has 116 valence electrons. The van der Waals surface area contributed by atoms with Gasteiger partial charge in [0.1, 0.15) is 10.6 Å². The van der Waals surface area contributed by atoms with E-state index in [4.69, 9.17) is 18.0 Å². The third-order valence-corrected chi connectivity index (χ3v) is 5.72. The van der Waals surface area contributed by atoms with E-state index in [9.17, 15) is 4.79 Å². The van der Waals surface area contributed by atoms with Crippen LogP contribution in [0.15, 0.2) is 30.3 Å². The Morgan fingerprint density at radius 1 is 1.22 bits per heavy atom. The molecule has 0 amide bonds. The number of benzene rings is 1. The highest BCUT2D eigenvalue weighted by molar-refractivity contribution is 7.71. The average Bonchev–Trinajstić information content (AvgIpc) is 2.93. The number of rotatable bonds is 1. The fraction of sp³-hybridized carbons (Fsp3) is 0.235. The molecule has 2 N–H and O–H groups in total. The summed E-state index contributed by atoms with van der Waals surface area (Å²) in [5, 5.41) is 0.919. The lowest BCUT2D eigenvalue weighted by Crippen LogP contribution is -2.18. The highest BCUT2D eigenvalue weighted by Crippen LogP contribution is 2.38. The van der Waals surface area contributed by atoms with Crippen LogP contribution in [-0.2, 0) is 12.8 Å². The fourth-order valence-electron chi connectivity index (χ4n) is 3.15. The molecule has 1 aliphatic carbocycles. The van der Waals surface area contributed by atoms with Crippen molar-refractivity contribution in [1.82, 2.24) is 9.55 Å². The standard InChI is InChI=1S/C17H15N3OS2/c18-14-13-11-8-4-5-9-12(11)23-15(13)19-17(22)20(14)16(21)10-6-2-1-3-7-10/h1-3,6-7H,4-5,8-9,18H2. The number of fused-ring (bicyclic) bond motifs is 3. The van der Waals surface area contributed by atoms with Gasteiger partial charge in [-0.2, -0.15) is 0 Å². The molecule has 0 atom stereocenters. The molecule has 1 aromatic carbocycles. The Morgan fingerprint density at radius 3 is 2.74 bits per heavy atom. The van der Waals surface area contributed by atoms with E-state index in [2.05, 4.69) is 4.98 Å². The van der Waals surface area contributed by atoms with Crippen molar-refractivity contribution in [1.29, 1.82) is 0 Å². The molecule has 0 aliphatic heterocycles. The van der Waals surface area contributed by atoms with E-state index in [1.54, 1.807) is 23.5 Å². The average molecular weight is 341 g/mol. The van der Waals surface area contributed by atoms with Gasteiger partial charge in [-0.25, -0.2) is 9.55 Å². The van der Waals surface area contributed by atoms with Gasteiger partial charge in [0, 0.05) is 10.4 Å². The lowest BCUT2D eigenvalue weighted by molar-refractivity contribution is 0.0959. The second kappa shape index (κ2) is 5.54. The zero-order chi connectivity index (χ0) is 16.0. The van der Waals surface area contributed by atoms with E-state index in [0.29, 0.717) is 11.4 Å². The number of anilines is 1. The van der Waals surface area contributed by atoms with Crippen LogP contribution in [0, 0.1) is 4.77 Å². The van der Waals surface area contributed by atoms with E-state index >= 15 is 0 Å². The number of carbonyl (C=O) groups is 1. The van der Waals surface area contributed by atoms with Crippen molar-refractivity contribution in [3.05, 3.63) is 51.1 Å². The molecular weight excluding hydrogens is 326 g/mol. The first kappa shape index (κ1) is 14.5. The number of thiophene rings is 1. The molecule has 0 spiro atoms. The minimum atomic E-state index is -0.224. The minimum absolute atomic E-state index is 0.224. The van der Waals surface area contributed by atoms with Gasteiger partial charge in [0.15, 0.2) is 0 Å². The lowest BCUT2D eigenvalue weighted by atomic mass is 9.97. The summed E-state index contributed by atoms with van der Waals surface area (Å²) in [5.74, 6) is 0.200. The van der Waals surface area contributed by atoms with Crippen molar-refractivity contribution in [2.75, 3.05) is 5.73 Å². The number of aromatic nitrogens is 2. The maximum absolute atomic E-state index is 12.8. The molecule has 3 aromatic rings. The van der Waals surface area contributed by atoms with Crippen LogP contribution in [0.1, 0.15) is 33.6 Å². The highest BCUT2D eigenvalue weighted by Gasteiger charge is 2.22. The number of hydrogen-bond donors (Lipinski definition) is 1. The van der Waals surface area contributed by atoms with Gasteiger partial charge in [-0.3, -0.25) is 4.79 Å². The van der Waals surface area contributed by atoms with Gasteiger partial charge in [-0.15, -0.1) is 11.3 Å². The Labute approximate surface area is 142 Å². The van der Waals surface area contributed by atoms with Crippen LogP contribution in [0.4, 0.5) is 5.82 Å². The Bertz CT molecular complexity index is 973. The number of hydrogen-bond acceptors (Lipinski definition) is 5. The summed E-state index contributed by atoms with van der Waals surface area (Å²) >= 11 is 7.00. The first-order valence-electron chi connectivity index (χ1n) is 7.59.